The molecule has 0 bridgehead atoms. The van der Waals surface area contributed by atoms with Crippen LogP contribution in [0.25, 0.3) is 0 Å². The van der Waals surface area contributed by atoms with Crippen molar-refractivity contribution in [3.05, 3.63) is 23.8 Å². The van der Waals surface area contributed by atoms with Crippen LogP contribution in [0.1, 0.15) is 30.6 Å². The fraction of sp³-hybridized carbons (Fsp3) is 0.467. The summed E-state index contributed by atoms with van der Waals surface area (Å²) in [6.07, 6.45) is 0.665. The monoisotopic (exact) mass is 293 g/mol. The number of carboxylic acid groups (broad SMARTS) is 1. The number of ether oxygens (including phenoxy) is 2. The molecule has 1 amide bonds. The Bertz CT molecular complexity index is 543. The molecule has 114 valence electrons. The van der Waals surface area contributed by atoms with Gasteiger partial charge in [-0.25, -0.2) is 4.79 Å². The highest BCUT2D eigenvalue weighted by atomic mass is 16.6. The van der Waals surface area contributed by atoms with E-state index in [-0.39, 0.29) is 5.92 Å². The molecule has 6 heteroatoms. The Morgan fingerprint density at radius 3 is 2.57 bits per heavy atom. The van der Waals surface area contributed by atoms with Crippen LogP contribution in [0.5, 0.6) is 11.5 Å². The Hall–Kier alpha value is -2.24. The van der Waals surface area contributed by atoms with Gasteiger partial charge in [-0.2, -0.15) is 0 Å². The van der Waals surface area contributed by atoms with E-state index in [4.69, 9.17) is 9.47 Å². The van der Waals surface area contributed by atoms with Crippen molar-refractivity contribution in [1.82, 2.24) is 5.32 Å². The van der Waals surface area contributed by atoms with Crippen molar-refractivity contribution in [1.29, 1.82) is 0 Å². The number of fused-ring (bicyclic) bond motifs is 1. The smallest absolute Gasteiger partial charge is 0.326 e. The molecule has 0 saturated heterocycles. The third kappa shape index (κ3) is 3.45. The van der Waals surface area contributed by atoms with Crippen LogP contribution in [0.2, 0.25) is 0 Å². The molecule has 6 nitrogen and oxygen atoms in total. The Kier molecular flexibility index (Phi) is 4.67. The molecule has 0 radical (unpaired) electrons. The molecule has 0 aliphatic carbocycles. The first-order chi connectivity index (χ1) is 10.0. The number of aliphatic carboxylic acids is 1. The van der Waals surface area contributed by atoms with Gasteiger partial charge in [0.2, 0.25) is 0 Å². The lowest BCUT2D eigenvalue weighted by Gasteiger charge is -2.21. The first kappa shape index (κ1) is 15.2. The number of nitrogens with one attached hydrogen (secondary N) is 1. The lowest BCUT2D eigenvalue weighted by Crippen LogP contribution is -2.45. The van der Waals surface area contributed by atoms with E-state index in [1.54, 1.807) is 25.1 Å². The Balaban J connectivity index is 2.14. The lowest BCUT2D eigenvalue weighted by molar-refractivity contribution is -0.140. The zero-order chi connectivity index (χ0) is 15.4. The molecule has 0 fully saturated rings. The zero-order valence-corrected chi connectivity index (χ0v) is 12.1. The van der Waals surface area contributed by atoms with Crippen LogP contribution in [0.4, 0.5) is 0 Å². The van der Waals surface area contributed by atoms with Gasteiger partial charge < -0.3 is 19.9 Å². The number of carbonyl (C=O) groups excluding carboxylic acids is 1. The first-order valence-corrected chi connectivity index (χ1v) is 6.96. The third-order valence-corrected chi connectivity index (χ3v) is 3.57. The number of hydrogen-bond acceptors (Lipinski definition) is 4. The fourth-order valence-corrected chi connectivity index (χ4v) is 2.09. The Morgan fingerprint density at radius 1 is 1.29 bits per heavy atom. The maximum Gasteiger partial charge on any atom is 0.326 e. The van der Waals surface area contributed by atoms with Crippen LogP contribution in [0.3, 0.4) is 0 Å². The summed E-state index contributed by atoms with van der Waals surface area (Å²) < 4.78 is 10.8. The van der Waals surface area contributed by atoms with Gasteiger partial charge in [0.1, 0.15) is 19.3 Å². The minimum atomic E-state index is -1.03. The maximum absolute atomic E-state index is 12.2. The number of carboxylic acids is 1. The fourth-order valence-electron chi connectivity index (χ4n) is 2.09. The summed E-state index contributed by atoms with van der Waals surface area (Å²) in [5.41, 5.74) is 0.355. The molecular weight excluding hydrogens is 274 g/mol. The summed E-state index contributed by atoms with van der Waals surface area (Å²) in [7, 11) is 0. The summed E-state index contributed by atoms with van der Waals surface area (Å²) in [6, 6.07) is 3.91. The van der Waals surface area contributed by atoms with E-state index in [0.717, 1.165) is 0 Å². The van der Waals surface area contributed by atoms with Crippen molar-refractivity contribution in [3.8, 4) is 11.5 Å². The minimum absolute atomic E-state index is 0.149. The summed E-state index contributed by atoms with van der Waals surface area (Å²) in [5.74, 6) is -0.516. The second kappa shape index (κ2) is 6.47. The predicted octanol–water partition coefficient (Wildman–Crippen LogP) is 1.69. The summed E-state index contributed by atoms with van der Waals surface area (Å²) in [5, 5.41) is 11.8. The third-order valence-electron chi connectivity index (χ3n) is 3.57. The summed E-state index contributed by atoms with van der Waals surface area (Å²) in [6.45, 7) is 4.59. The molecule has 1 aliphatic rings. The van der Waals surface area contributed by atoms with E-state index in [1.807, 2.05) is 6.92 Å². The van der Waals surface area contributed by atoms with Crippen LogP contribution in [0, 0.1) is 5.92 Å². The molecule has 0 saturated carbocycles. The topological polar surface area (TPSA) is 84.9 Å². The second-order valence-electron chi connectivity index (χ2n) is 5.03. The van der Waals surface area contributed by atoms with Crippen LogP contribution >= 0.6 is 0 Å². The van der Waals surface area contributed by atoms with Crippen molar-refractivity contribution >= 4 is 11.9 Å². The molecular formula is C15H19NO5. The van der Waals surface area contributed by atoms with Crippen LogP contribution < -0.4 is 14.8 Å². The van der Waals surface area contributed by atoms with Gasteiger partial charge in [0.15, 0.2) is 11.5 Å². The van der Waals surface area contributed by atoms with E-state index < -0.39 is 17.9 Å². The van der Waals surface area contributed by atoms with Crippen LogP contribution in [-0.4, -0.2) is 36.2 Å². The lowest BCUT2D eigenvalue weighted by atomic mass is 9.99. The van der Waals surface area contributed by atoms with Crippen molar-refractivity contribution in [2.75, 3.05) is 13.2 Å². The van der Waals surface area contributed by atoms with Crippen LogP contribution in [-0.2, 0) is 4.79 Å². The molecule has 2 rings (SSSR count). The highest BCUT2D eigenvalue weighted by Crippen LogP contribution is 2.30. The zero-order valence-electron chi connectivity index (χ0n) is 12.1. The van der Waals surface area contributed by atoms with Crippen molar-refractivity contribution < 1.29 is 24.2 Å². The standard InChI is InChI=1S/C15H19NO5/c1-3-9(2)13(15(18)19)16-14(17)10-4-5-11-12(8-10)21-7-6-20-11/h4-5,8-9,13H,3,6-7H2,1-2H3,(H,16,17)(H,18,19)/t9-,13-/m0/s1. The number of hydrogen-bond donors (Lipinski definition) is 2. The average molecular weight is 293 g/mol. The Morgan fingerprint density at radius 2 is 1.95 bits per heavy atom. The van der Waals surface area contributed by atoms with Gasteiger partial charge in [-0.3, -0.25) is 4.79 Å². The van der Waals surface area contributed by atoms with Gasteiger partial charge in [-0.05, 0) is 24.1 Å². The van der Waals surface area contributed by atoms with E-state index in [0.29, 0.717) is 36.7 Å². The molecule has 1 aromatic carbocycles. The van der Waals surface area contributed by atoms with Gasteiger partial charge >= 0.3 is 5.97 Å². The van der Waals surface area contributed by atoms with E-state index >= 15 is 0 Å². The molecule has 1 heterocycles. The maximum atomic E-state index is 12.2. The first-order valence-electron chi connectivity index (χ1n) is 6.96. The highest BCUT2D eigenvalue weighted by molar-refractivity contribution is 5.97. The normalized spacial score (nSPS) is 15.9. The van der Waals surface area contributed by atoms with Gasteiger partial charge in [0.05, 0.1) is 0 Å². The van der Waals surface area contributed by atoms with Crippen molar-refractivity contribution in [2.45, 2.75) is 26.3 Å². The average Bonchev–Trinajstić information content (AvgIpc) is 2.50. The molecule has 1 aliphatic heterocycles. The molecule has 2 atom stereocenters. The predicted molar refractivity (Wildman–Crippen MR) is 75.8 cm³/mol. The van der Waals surface area contributed by atoms with Gasteiger partial charge in [0.25, 0.3) is 5.91 Å². The van der Waals surface area contributed by atoms with Gasteiger partial charge in [0, 0.05) is 5.56 Å². The number of benzene rings is 1. The summed E-state index contributed by atoms with van der Waals surface area (Å²) >= 11 is 0. The Labute approximate surface area is 123 Å². The van der Waals surface area contributed by atoms with Gasteiger partial charge in [-0.15, -0.1) is 0 Å². The number of amides is 1. The molecule has 1 aromatic rings. The van der Waals surface area contributed by atoms with Crippen LogP contribution in [0.15, 0.2) is 18.2 Å². The van der Waals surface area contributed by atoms with Crippen molar-refractivity contribution in [2.24, 2.45) is 5.92 Å². The number of rotatable bonds is 5. The minimum Gasteiger partial charge on any atom is -0.486 e. The van der Waals surface area contributed by atoms with Gasteiger partial charge in [-0.1, -0.05) is 20.3 Å². The molecule has 0 unspecified atom stereocenters. The second-order valence-corrected chi connectivity index (χ2v) is 5.03. The largest absolute Gasteiger partial charge is 0.486 e. The molecule has 21 heavy (non-hydrogen) atoms. The molecule has 0 spiro atoms. The molecule has 0 aromatic heterocycles. The van der Waals surface area contributed by atoms with Crippen molar-refractivity contribution in [3.63, 3.8) is 0 Å². The number of carbonyl (C=O) groups is 2. The SMILES string of the molecule is CC[C@H](C)[C@H](NC(=O)c1ccc2c(c1)OCCO2)C(=O)O. The molecule has 2 N–H and O–H groups in total. The summed E-state index contributed by atoms with van der Waals surface area (Å²) in [4.78, 5) is 23.4. The van der Waals surface area contributed by atoms with E-state index in [2.05, 4.69) is 5.32 Å². The highest BCUT2D eigenvalue weighted by Gasteiger charge is 2.26. The quantitative estimate of drug-likeness (QED) is 0.863. The van der Waals surface area contributed by atoms with E-state index in [1.165, 1.54) is 0 Å². The van der Waals surface area contributed by atoms with E-state index in [9.17, 15) is 14.7 Å².